The van der Waals surface area contributed by atoms with Crippen molar-refractivity contribution in [3.63, 3.8) is 0 Å². The van der Waals surface area contributed by atoms with Crippen LogP contribution in [0, 0.1) is 5.92 Å². The third kappa shape index (κ3) is 3.75. The van der Waals surface area contributed by atoms with E-state index in [0.29, 0.717) is 17.2 Å². The van der Waals surface area contributed by atoms with E-state index in [-0.39, 0.29) is 23.4 Å². The van der Waals surface area contributed by atoms with E-state index < -0.39 is 0 Å². The molecule has 7 nitrogen and oxygen atoms in total. The molecule has 0 spiro atoms. The fourth-order valence-electron chi connectivity index (χ4n) is 2.84. The van der Waals surface area contributed by atoms with Gasteiger partial charge in [0.15, 0.2) is 0 Å². The van der Waals surface area contributed by atoms with Crippen LogP contribution in [0.1, 0.15) is 38.4 Å². The maximum Gasteiger partial charge on any atom is 0.274 e. The van der Waals surface area contributed by atoms with Gasteiger partial charge >= 0.3 is 0 Å². The minimum atomic E-state index is -0.142. The number of fused-ring (bicyclic) bond motifs is 1. The van der Waals surface area contributed by atoms with Crippen molar-refractivity contribution in [2.24, 2.45) is 5.92 Å². The maximum atomic E-state index is 12.5. The molecule has 0 bridgehead atoms. The number of anilines is 1. The molecule has 3 aromatic rings. The van der Waals surface area contributed by atoms with Crippen LogP contribution in [0.2, 0.25) is 0 Å². The highest BCUT2D eigenvalue weighted by Crippen LogP contribution is 2.33. The smallest absolute Gasteiger partial charge is 0.274 e. The van der Waals surface area contributed by atoms with E-state index in [9.17, 15) is 9.59 Å². The fraction of sp³-hybridized carbons (Fsp3) is 0.368. The van der Waals surface area contributed by atoms with Crippen LogP contribution >= 0.6 is 11.8 Å². The fourth-order valence-corrected chi connectivity index (χ4v) is 3.74. The zero-order valence-electron chi connectivity index (χ0n) is 15.3. The van der Waals surface area contributed by atoms with Crippen molar-refractivity contribution < 1.29 is 4.79 Å². The van der Waals surface area contributed by atoms with E-state index in [0.717, 1.165) is 23.4 Å². The van der Waals surface area contributed by atoms with Crippen molar-refractivity contribution in [2.75, 3.05) is 5.32 Å². The molecule has 140 valence electrons. The molecule has 0 radical (unpaired) electrons. The van der Waals surface area contributed by atoms with E-state index >= 15 is 0 Å². The molecule has 1 saturated carbocycles. The molecule has 1 aliphatic rings. The Bertz CT molecular complexity index is 1050. The number of nitrogens with zero attached hydrogens (tertiary/aromatic N) is 4. The van der Waals surface area contributed by atoms with Gasteiger partial charge in [-0.05, 0) is 38.8 Å². The van der Waals surface area contributed by atoms with E-state index in [1.54, 1.807) is 28.8 Å². The van der Waals surface area contributed by atoms with Crippen molar-refractivity contribution in [3.05, 3.63) is 52.7 Å². The topological polar surface area (TPSA) is 81.3 Å². The first-order valence-electron chi connectivity index (χ1n) is 9.01. The van der Waals surface area contributed by atoms with Crippen LogP contribution < -0.4 is 10.9 Å². The minimum Gasteiger partial charge on any atom is -0.325 e. The second-order valence-electron chi connectivity index (χ2n) is 6.96. The van der Waals surface area contributed by atoms with Crippen molar-refractivity contribution in [3.8, 4) is 0 Å². The summed E-state index contributed by atoms with van der Waals surface area (Å²) < 4.78 is 3.26. The van der Waals surface area contributed by atoms with Crippen molar-refractivity contribution >= 4 is 29.1 Å². The molecular formula is C19H21N5O2S. The molecule has 1 aromatic carbocycles. The lowest BCUT2D eigenvalue weighted by atomic mass is 10.3. The van der Waals surface area contributed by atoms with Gasteiger partial charge in [0.2, 0.25) is 5.91 Å². The second kappa shape index (κ2) is 7.19. The molecule has 0 aliphatic heterocycles. The lowest BCUT2D eigenvalue weighted by Gasteiger charge is -2.11. The lowest BCUT2D eigenvalue weighted by molar-refractivity contribution is -0.117. The van der Waals surface area contributed by atoms with Crippen LogP contribution in [0.25, 0.3) is 5.78 Å². The summed E-state index contributed by atoms with van der Waals surface area (Å²) in [4.78, 5) is 34.3. The number of hydrogen-bond acceptors (Lipinski definition) is 5. The Labute approximate surface area is 160 Å². The largest absolute Gasteiger partial charge is 0.325 e. The van der Waals surface area contributed by atoms with E-state index in [2.05, 4.69) is 15.3 Å². The van der Waals surface area contributed by atoms with Gasteiger partial charge in [-0.3, -0.25) is 14.3 Å². The average molecular weight is 383 g/mol. The number of nitrogens with one attached hydrogen (secondary N) is 1. The highest BCUT2D eigenvalue weighted by molar-refractivity contribution is 7.98. The Hall–Kier alpha value is -2.61. The summed E-state index contributed by atoms with van der Waals surface area (Å²) in [6.07, 6.45) is 3.57. The number of hydrogen-bond donors (Lipinski definition) is 1. The summed E-state index contributed by atoms with van der Waals surface area (Å²) in [5, 5.41) is 3.00. The number of rotatable bonds is 6. The molecule has 0 atom stereocenters. The predicted molar refractivity (Wildman–Crippen MR) is 105 cm³/mol. The Morgan fingerprint density at radius 1 is 1.33 bits per heavy atom. The third-order valence-electron chi connectivity index (χ3n) is 4.45. The SMILES string of the molecule is CC(C)n1cnc2nc(CSc3ccccc3NC(=O)C3CC3)cc(=O)n21. The van der Waals surface area contributed by atoms with Crippen molar-refractivity contribution in [1.29, 1.82) is 0 Å². The van der Waals surface area contributed by atoms with Crippen LogP contribution in [0.15, 0.2) is 46.3 Å². The molecule has 1 amide bonds. The summed E-state index contributed by atoms with van der Waals surface area (Å²) in [6, 6.07) is 9.38. The average Bonchev–Trinajstić information content (AvgIpc) is 3.40. The summed E-state index contributed by atoms with van der Waals surface area (Å²) >= 11 is 1.54. The third-order valence-corrected chi connectivity index (χ3v) is 5.56. The molecular weight excluding hydrogens is 362 g/mol. The first-order chi connectivity index (χ1) is 13.0. The van der Waals surface area contributed by atoms with Gasteiger partial charge in [0.05, 0.1) is 11.4 Å². The zero-order valence-corrected chi connectivity index (χ0v) is 16.1. The number of thioether (sulfide) groups is 1. The van der Waals surface area contributed by atoms with Crippen molar-refractivity contribution in [1.82, 2.24) is 19.2 Å². The van der Waals surface area contributed by atoms with Gasteiger partial charge in [0.1, 0.15) is 6.33 Å². The van der Waals surface area contributed by atoms with Gasteiger partial charge in [-0.25, -0.2) is 4.98 Å². The number of aromatic nitrogens is 4. The number of benzene rings is 1. The maximum absolute atomic E-state index is 12.5. The molecule has 1 N–H and O–H groups in total. The Balaban J connectivity index is 1.54. The van der Waals surface area contributed by atoms with Gasteiger partial charge in [-0.15, -0.1) is 11.8 Å². The molecule has 27 heavy (non-hydrogen) atoms. The quantitative estimate of drug-likeness (QED) is 0.662. The second-order valence-corrected chi connectivity index (χ2v) is 7.98. The number of carbonyl (C=O) groups is 1. The predicted octanol–water partition coefficient (Wildman–Crippen LogP) is 3.11. The summed E-state index contributed by atoms with van der Waals surface area (Å²) in [7, 11) is 0. The van der Waals surface area contributed by atoms with Crippen molar-refractivity contribution in [2.45, 2.75) is 43.4 Å². The standard InChI is InChI=1S/C19H21N5O2S/c1-12(2)23-11-20-19-21-14(9-17(25)24(19)23)10-27-16-6-4-3-5-15(16)22-18(26)13-7-8-13/h3-6,9,11-13H,7-8,10H2,1-2H3,(H,22,26). The molecule has 1 aliphatic carbocycles. The lowest BCUT2D eigenvalue weighted by Crippen LogP contribution is -2.22. The minimum absolute atomic E-state index is 0.0834. The first-order valence-corrected chi connectivity index (χ1v) is 10.00. The van der Waals surface area contributed by atoms with E-state index in [1.807, 2.05) is 38.1 Å². The first kappa shape index (κ1) is 17.8. The molecule has 2 aromatic heterocycles. The Morgan fingerprint density at radius 2 is 2.11 bits per heavy atom. The highest BCUT2D eigenvalue weighted by atomic mass is 32.2. The molecule has 4 rings (SSSR count). The Morgan fingerprint density at radius 3 is 2.85 bits per heavy atom. The van der Waals surface area contributed by atoms with Gasteiger partial charge in [0, 0.05) is 28.7 Å². The number of para-hydroxylation sites is 1. The monoisotopic (exact) mass is 383 g/mol. The van der Waals surface area contributed by atoms with Crippen LogP contribution in [0.5, 0.6) is 0 Å². The molecule has 2 heterocycles. The zero-order chi connectivity index (χ0) is 19.0. The van der Waals surface area contributed by atoms with Gasteiger partial charge in [0.25, 0.3) is 11.3 Å². The molecule has 0 unspecified atom stereocenters. The van der Waals surface area contributed by atoms with Crippen LogP contribution in [-0.2, 0) is 10.5 Å². The Kier molecular flexibility index (Phi) is 4.73. The van der Waals surface area contributed by atoms with Gasteiger partial charge in [-0.2, -0.15) is 9.50 Å². The van der Waals surface area contributed by atoms with Crippen LogP contribution in [0.4, 0.5) is 5.69 Å². The molecule has 1 fully saturated rings. The number of amides is 1. The molecule has 0 saturated heterocycles. The summed E-state index contributed by atoms with van der Waals surface area (Å²) in [5.74, 6) is 1.17. The summed E-state index contributed by atoms with van der Waals surface area (Å²) in [6.45, 7) is 3.98. The van der Waals surface area contributed by atoms with Crippen LogP contribution in [-0.4, -0.2) is 25.1 Å². The van der Waals surface area contributed by atoms with Gasteiger partial charge in [-0.1, -0.05) is 12.1 Å². The normalized spacial score (nSPS) is 14.0. The highest BCUT2D eigenvalue weighted by Gasteiger charge is 2.29. The van der Waals surface area contributed by atoms with Gasteiger partial charge < -0.3 is 5.32 Å². The van der Waals surface area contributed by atoms with E-state index in [1.165, 1.54) is 4.52 Å². The number of carbonyl (C=O) groups excluding carboxylic acids is 1. The van der Waals surface area contributed by atoms with E-state index in [4.69, 9.17) is 0 Å². The van der Waals surface area contributed by atoms with Crippen LogP contribution in [0.3, 0.4) is 0 Å². The molecule has 8 heteroatoms. The summed E-state index contributed by atoms with van der Waals surface area (Å²) in [5.41, 5.74) is 1.33.